The Kier molecular flexibility index (Phi) is 6.59. The predicted octanol–water partition coefficient (Wildman–Crippen LogP) is 6.51. The molecule has 1 amide bonds. The van der Waals surface area contributed by atoms with Crippen LogP contribution in [0.15, 0.2) is 70.0 Å². The van der Waals surface area contributed by atoms with Gasteiger partial charge in [-0.25, -0.2) is 4.98 Å². The van der Waals surface area contributed by atoms with E-state index in [2.05, 4.69) is 11.9 Å². The van der Waals surface area contributed by atoms with Gasteiger partial charge in [-0.1, -0.05) is 49.9 Å². The van der Waals surface area contributed by atoms with Crippen molar-refractivity contribution in [2.75, 3.05) is 11.5 Å². The van der Waals surface area contributed by atoms with Gasteiger partial charge in [0.25, 0.3) is 5.91 Å². The van der Waals surface area contributed by atoms with Crippen molar-refractivity contribution in [2.24, 2.45) is 0 Å². The van der Waals surface area contributed by atoms with E-state index in [1.165, 1.54) is 12.8 Å². The van der Waals surface area contributed by atoms with E-state index in [0.29, 0.717) is 29.0 Å². The van der Waals surface area contributed by atoms with Gasteiger partial charge in [0.15, 0.2) is 5.43 Å². The van der Waals surface area contributed by atoms with Crippen LogP contribution in [0.5, 0.6) is 5.75 Å². The second kappa shape index (κ2) is 9.97. The third kappa shape index (κ3) is 4.39. The summed E-state index contributed by atoms with van der Waals surface area (Å²) in [7, 11) is 0. The van der Waals surface area contributed by atoms with Crippen LogP contribution >= 0.6 is 0 Å². The summed E-state index contributed by atoms with van der Waals surface area (Å²) in [5.41, 5.74) is 3.27. The molecule has 0 radical (unpaired) electrons. The normalized spacial score (nSPS) is 14.9. The maximum atomic E-state index is 13.8. The number of carbonyl (C=O) groups excluding carboxylic acids is 1. The van der Waals surface area contributed by atoms with Crippen molar-refractivity contribution in [1.82, 2.24) is 4.98 Å². The number of unbranched alkanes of at least 4 members (excludes halogenated alkanes) is 3. The van der Waals surface area contributed by atoms with Crippen LogP contribution in [0.3, 0.4) is 0 Å². The molecule has 2 aromatic heterocycles. The van der Waals surface area contributed by atoms with Gasteiger partial charge >= 0.3 is 0 Å². The van der Waals surface area contributed by atoms with Crippen molar-refractivity contribution in [3.63, 3.8) is 0 Å². The second-order valence-electron chi connectivity index (χ2n) is 9.42. The average molecular weight is 483 g/mol. The Balaban J connectivity index is 1.58. The maximum Gasteiger partial charge on any atom is 0.296 e. The average Bonchev–Trinajstić information content (AvgIpc) is 3.17. The molecule has 1 atom stereocenters. The minimum Gasteiger partial charge on any atom is -0.494 e. The molecule has 0 fully saturated rings. The molecule has 184 valence electrons. The first-order valence-electron chi connectivity index (χ1n) is 12.5. The summed E-state index contributed by atoms with van der Waals surface area (Å²) in [5, 5.41) is 0.470. The zero-order valence-electron chi connectivity index (χ0n) is 20.9. The number of ether oxygens (including phenoxy) is 1. The fourth-order valence-electron chi connectivity index (χ4n) is 4.76. The Hall–Kier alpha value is -3.93. The number of benzene rings is 2. The molecule has 0 N–H and O–H groups in total. The van der Waals surface area contributed by atoms with Crippen LogP contribution in [0, 0.1) is 13.8 Å². The Bertz CT molecular complexity index is 1470. The first-order chi connectivity index (χ1) is 17.5. The Morgan fingerprint density at radius 3 is 2.47 bits per heavy atom. The van der Waals surface area contributed by atoms with Crippen LogP contribution in [0.25, 0.3) is 11.0 Å². The van der Waals surface area contributed by atoms with Gasteiger partial charge < -0.3 is 9.15 Å². The van der Waals surface area contributed by atoms with Crippen LogP contribution in [0.4, 0.5) is 5.82 Å². The maximum absolute atomic E-state index is 13.8. The van der Waals surface area contributed by atoms with E-state index < -0.39 is 6.04 Å². The summed E-state index contributed by atoms with van der Waals surface area (Å²) < 4.78 is 12.0. The molecular weight excluding hydrogens is 452 g/mol. The van der Waals surface area contributed by atoms with Crippen molar-refractivity contribution in [3.05, 3.63) is 99.0 Å². The largest absolute Gasteiger partial charge is 0.494 e. The van der Waals surface area contributed by atoms with Crippen molar-refractivity contribution in [3.8, 4) is 5.75 Å². The number of amides is 1. The van der Waals surface area contributed by atoms with Gasteiger partial charge in [0, 0.05) is 6.20 Å². The molecule has 0 saturated carbocycles. The highest BCUT2D eigenvalue weighted by atomic mass is 16.5. The highest BCUT2D eigenvalue weighted by molar-refractivity contribution is 6.10. The highest BCUT2D eigenvalue weighted by Crippen LogP contribution is 2.41. The minimum absolute atomic E-state index is 0.0703. The Labute approximate surface area is 210 Å². The number of hydrogen-bond acceptors (Lipinski definition) is 5. The lowest BCUT2D eigenvalue weighted by atomic mass is 9.98. The quantitative estimate of drug-likeness (QED) is 0.268. The molecule has 6 heteroatoms. The van der Waals surface area contributed by atoms with Gasteiger partial charge in [0.1, 0.15) is 17.2 Å². The number of anilines is 1. The van der Waals surface area contributed by atoms with Crippen molar-refractivity contribution in [2.45, 2.75) is 52.5 Å². The molecule has 4 aromatic rings. The van der Waals surface area contributed by atoms with E-state index in [9.17, 15) is 9.59 Å². The van der Waals surface area contributed by atoms with Crippen LogP contribution in [0.1, 0.15) is 71.5 Å². The summed E-state index contributed by atoms with van der Waals surface area (Å²) in [6, 6.07) is 16.1. The van der Waals surface area contributed by atoms with Crippen molar-refractivity contribution >= 4 is 22.7 Å². The second-order valence-corrected chi connectivity index (χ2v) is 9.42. The SMILES string of the molecule is CCCCCCOc1ccc([C@H]2c3c(oc4ccc(C)cc4c3=O)C(=O)N2c2cc(C)ccn2)cc1. The Morgan fingerprint density at radius 1 is 0.944 bits per heavy atom. The van der Waals surface area contributed by atoms with E-state index in [1.54, 1.807) is 17.2 Å². The Morgan fingerprint density at radius 2 is 1.72 bits per heavy atom. The fraction of sp³-hybridized carbons (Fsp3) is 0.300. The number of aryl methyl sites for hydroxylation is 2. The molecule has 0 bridgehead atoms. The summed E-state index contributed by atoms with van der Waals surface area (Å²) in [5.74, 6) is 0.943. The summed E-state index contributed by atoms with van der Waals surface area (Å²) in [6.45, 7) is 6.73. The number of fused-ring (bicyclic) bond motifs is 2. The van der Waals surface area contributed by atoms with E-state index in [0.717, 1.165) is 35.3 Å². The van der Waals surface area contributed by atoms with Crippen molar-refractivity contribution < 1.29 is 13.9 Å². The zero-order chi connectivity index (χ0) is 25.2. The highest BCUT2D eigenvalue weighted by Gasteiger charge is 2.44. The van der Waals surface area contributed by atoms with E-state index in [-0.39, 0.29) is 17.1 Å². The van der Waals surface area contributed by atoms with Crippen molar-refractivity contribution in [1.29, 1.82) is 0 Å². The van der Waals surface area contributed by atoms with E-state index >= 15 is 0 Å². The third-order valence-electron chi connectivity index (χ3n) is 6.64. The first kappa shape index (κ1) is 23.8. The molecule has 36 heavy (non-hydrogen) atoms. The fourth-order valence-corrected chi connectivity index (χ4v) is 4.76. The van der Waals surface area contributed by atoms with Crippen LogP contribution in [-0.2, 0) is 0 Å². The summed E-state index contributed by atoms with van der Waals surface area (Å²) >= 11 is 0. The third-order valence-corrected chi connectivity index (χ3v) is 6.64. The standard InChI is InChI=1S/C30H30N2O4/c1-4-5-6-7-16-35-22-11-9-21(10-12-22)27-26-28(33)23-17-19(2)8-13-24(23)36-29(26)30(34)32(27)25-18-20(3)14-15-31-25/h8-15,17-18,27H,4-7,16H2,1-3H3/t27-/m0/s1. The number of pyridine rings is 1. The molecular formula is C30H30N2O4. The lowest BCUT2D eigenvalue weighted by Crippen LogP contribution is -2.30. The van der Waals surface area contributed by atoms with Gasteiger partial charge in [-0.05, 0) is 67.8 Å². The number of rotatable bonds is 8. The van der Waals surface area contributed by atoms with Gasteiger partial charge in [-0.2, -0.15) is 0 Å². The van der Waals surface area contributed by atoms with Gasteiger partial charge in [-0.3, -0.25) is 14.5 Å². The molecule has 0 spiro atoms. The molecule has 3 heterocycles. The van der Waals surface area contributed by atoms with Crippen LogP contribution in [0.2, 0.25) is 0 Å². The van der Waals surface area contributed by atoms with Crippen LogP contribution < -0.4 is 15.1 Å². The summed E-state index contributed by atoms with van der Waals surface area (Å²) in [6.07, 6.45) is 6.22. The van der Waals surface area contributed by atoms with Crippen LogP contribution in [-0.4, -0.2) is 17.5 Å². The molecule has 0 saturated heterocycles. The number of nitrogens with zero attached hydrogens (tertiary/aromatic N) is 2. The molecule has 6 nitrogen and oxygen atoms in total. The smallest absolute Gasteiger partial charge is 0.296 e. The molecule has 0 aliphatic carbocycles. The number of aromatic nitrogens is 1. The van der Waals surface area contributed by atoms with Gasteiger partial charge in [-0.15, -0.1) is 0 Å². The van der Waals surface area contributed by atoms with Gasteiger partial charge in [0.05, 0.1) is 23.6 Å². The first-order valence-corrected chi connectivity index (χ1v) is 12.5. The summed E-state index contributed by atoms with van der Waals surface area (Å²) in [4.78, 5) is 33.5. The monoisotopic (exact) mass is 482 g/mol. The molecule has 1 aliphatic rings. The predicted molar refractivity (Wildman–Crippen MR) is 141 cm³/mol. The molecule has 1 aliphatic heterocycles. The lowest BCUT2D eigenvalue weighted by Gasteiger charge is -2.24. The lowest BCUT2D eigenvalue weighted by molar-refractivity contribution is 0.0970. The molecule has 5 rings (SSSR count). The molecule has 2 aromatic carbocycles. The topological polar surface area (TPSA) is 72.6 Å². The minimum atomic E-state index is -0.651. The van der Waals surface area contributed by atoms with E-state index in [4.69, 9.17) is 9.15 Å². The number of carbonyl (C=O) groups is 1. The van der Waals surface area contributed by atoms with E-state index in [1.807, 2.05) is 62.4 Å². The molecule has 0 unspecified atom stereocenters. The van der Waals surface area contributed by atoms with Gasteiger partial charge in [0.2, 0.25) is 5.76 Å². The number of hydrogen-bond donors (Lipinski definition) is 0. The zero-order valence-corrected chi connectivity index (χ0v) is 20.9.